The lowest BCUT2D eigenvalue weighted by Crippen LogP contribution is -3.13. The number of carbonyl (C=O) groups is 1. The van der Waals surface area contributed by atoms with E-state index in [4.69, 9.17) is 0 Å². The van der Waals surface area contributed by atoms with Crippen LogP contribution in [0.5, 0.6) is 0 Å². The normalized spacial score (nSPS) is 14.7. The van der Waals surface area contributed by atoms with Gasteiger partial charge in [-0.25, -0.2) is 0 Å². The topological polar surface area (TPSA) is 76.7 Å². The lowest BCUT2D eigenvalue weighted by molar-refractivity contribution is -0.916. The Morgan fingerprint density at radius 2 is 1.89 bits per heavy atom. The van der Waals surface area contributed by atoms with Gasteiger partial charge in [-0.2, -0.15) is 0 Å². The van der Waals surface area contributed by atoms with E-state index in [1.54, 1.807) is 6.07 Å². The van der Waals surface area contributed by atoms with Crippen LogP contribution in [0.4, 0.5) is 11.4 Å². The molecule has 0 saturated heterocycles. The van der Waals surface area contributed by atoms with Crippen molar-refractivity contribution in [1.29, 1.82) is 0 Å². The van der Waals surface area contributed by atoms with Gasteiger partial charge in [-0.05, 0) is 24.0 Å². The van der Waals surface area contributed by atoms with Crippen molar-refractivity contribution in [1.82, 2.24) is 0 Å². The smallest absolute Gasteiger partial charge is 0.279 e. The second kappa shape index (κ2) is 8.52. The Labute approximate surface area is 165 Å². The van der Waals surface area contributed by atoms with E-state index < -0.39 is 4.92 Å². The van der Waals surface area contributed by atoms with Crippen molar-refractivity contribution in [3.8, 4) is 0 Å². The average Bonchev–Trinajstić information content (AvgIpc) is 3.48. The molecule has 1 aliphatic rings. The summed E-state index contributed by atoms with van der Waals surface area (Å²) in [6.45, 7) is 7.36. The highest BCUT2D eigenvalue weighted by atomic mass is 16.6. The number of hydrogen-bond donors (Lipinski definition) is 2. The van der Waals surface area contributed by atoms with Crippen molar-refractivity contribution in [2.75, 3.05) is 11.9 Å². The van der Waals surface area contributed by atoms with E-state index in [1.165, 1.54) is 28.2 Å². The zero-order valence-electron chi connectivity index (χ0n) is 16.7. The summed E-state index contributed by atoms with van der Waals surface area (Å²) in [4.78, 5) is 24.4. The number of nitrogens with zero attached hydrogens (tertiary/aromatic N) is 1. The van der Waals surface area contributed by atoms with Gasteiger partial charge in [0.05, 0.1) is 16.7 Å². The SMILES string of the molecule is Cc1ccc([N+](=O)[O-])cc1NC(=O)C[NH+](Cc1ccc(C(C)C)cc1)C1CC1. The Kier molecular flexibility index (Phi) is 6.09. The van der Waals surface area contributed by atoms with E-state index in [1.807, 2.05) is 6.92 Å². The molecule has 6 nitrogen and oxygen atoms in total. The third-order valence-electron chi connectivity index (χ3n) is 5.33. The van der Waals surface area contributed by atoms with E-state index in [0.717, 1.165) is 24.9 Å². The molecule has 6 heteroatoms. The molecule has 0 heterocycles. The minimum Gasteiger partial charge on any atom is -0.321 e. The van der Waals surface area contributed by atoms with Gasteiger partial charge in [-0.1, -0.05) is 44.2 Å². The maximum atomic E-state index is 12.6. The Morgan fingerprint density at radius 3 is 2.46 bits per heavy atom. The summed E-state index contributed by atoms with van der Waals surface area (Å²) in [5, 5.41) is 13.8. The molecule has 0 spiro atoms. The predicted molar refractivity (Wildman–Crippen MR) is 110 cm³/mol. The molecule has 1 atom stereocenters. The summed E-state index contributed by atoms with van der Waals surface area (Å²) >= 11 is 0. The third-order valence-corrected chi connectivity index (χ3v) is 5.33. The molecule has 0 radical (unpaired) electrons. The molecule has 28 heavy (non-hydrogen) atoms. The van der Waals surface area contributed by atoms with Gasteiger partial charge in [0.2, 0.25) is 0 Å². The molecule has 1 amide bonds. The molecular formula is C22H28N3O3+. The molecule has 2 N–H and O–H groups in total. The summed E-state index contributed by atoms with van der Waals surface area (Å²) in [5.41, 5.74) is 3.85. The first-order valence-corrected chi connectivity index (χ1v) is 9.82. The Balaban J connectivity index is 1.65. The van der Waals surface area contributed by atoms with Crippen LogP contribution in [0.25, 0.3) is 0 Å². The van der Waals surface area contributed by atoms with Crippen molar-refractivity contribution in [2.45, 2.75) is 52.1 Å². The van der Waals surface area contributed by atoms with E-state index in [0.29, 0.717) is 24.2 Å². The first-order chi connectivity index (χ1) is 13.3. The second-order valence-corrected chi connectivity index (χ2v) is 7.99. The van der Waals surface area contributed by atoms with Gasteiger partial charge in [-0.15, -0.1) is 0 Å². The molecule has 1 saturated carbocycles. The zero-order valence-corrected chi connectivity index (χ0v) is 16.7. The van der Waals surface area contributed by atoms with Crippen molar-refractivity contribution >= 4 is 17.3 Å². The Hall–Kier alpha value is -2.73. The molecule has 148 valence electrons. The molecular weight excluding hydrogens is 354 g/mol. The van der Waals surface area contributed by atoms with E-state index >= 15 is 0 Å². The number of quaternary nitrogens is 1. The van der Waals surface area contributed by atoms with Crippen molar-refractivity contribution in [3.63, 3.8) is 0 Å². The number of nitro groups is 1. The lowest BCUT2D eigenvalue weighted by Gasteiger charge is -2.19. The third kappa shape index (κ3) is 5.16. The van der Waals surface area contributed by atoms with Gasteiger partial charge in [0, 0.05) is 30.5 Å². The van der Waals surface area contributed by atoms with Crippen LogP contribution in [0.15, 0.2) is 42.5 Å². The number of benzene rings is 2. The van der Waals surface area contributed by atoms with Crippen LogP contribution in [-0.2, 0) is 11.3 Å². The van der Waals surface area contributed by atoms with Gasteiger partial charge < -0.3 is 10.2 Å². The number of anilines is 1. The van der Waals surface area contributed by atoms with Crippen LogP contribution in [-0.4, -0.2) is 23.4 Å². The first kappa shape index (κ1) is 20.0. The highest BCUT2D eigenvalue weighted by Crippen LogP contribution is 2.22. The van der Waals surface area contributed by atoms with Crippen molar-refractivity contribution in [3.05, 3.63) is 69.3 Å². The number of amides is 1. The van der Waals surface area contributed by atoms with Gasteiger partial charge in [0.25, 0.3) is 11.6 Å². The minimum absolute atomic E-state index is 0.0162. The summed E-state index contributed by atoms with van der Waals surface area (Å²) in [6, 6.07) is 13.7. The highest BCUT2D eigenvalue weighted by molar-refractivity contribution is 5.92. The Bertz CT molecular complexity index is 858. The number of aryl methyl sites for hydroxylation is 1. The Morgan fingerprint density at radius 1 is 1.21 bits per heavy atom. The fraction of sp³-hybridized carbons (Fsp3) is 0.409. The maximum absolute atomic E-state index is 12.6. The minimum atomic E-state index is -0.447. The first-order valence-electron chi connectivity index (χ1n) is 9.82. The number of nitro benzene ring substituents is 1. The molecule has 0 aliphatic heterocycles. The monoisotopic (exact) mass is 382 g/mol. The van der Waals surface area contributed by atoms with Crippen LogP contribution in [0.1, 0.15) is 49.3 Å². The molecule has 2 aromatic carbocycles. The number of hydrogen-bond acceptors (Lipinski definition) is 3. The van der Waals surface area contributed by atoms with Crippen LogP contribution in [0.2, 0.25) is 0 Å². The molecule has 1 aliphatic carbocycles. The molecule has 3 rings (SSSR count). The van der Waals surface area contributed by atoms with Crippen LogP contribution < -0.4 is 10.2 Å². The summed E-state index contributed by atoms with van der Waals surface area (Å²) in [7, 11) is 0. The summed E-state index contributed by atoms with van der Waals surface area (Å²) in [5.74, 6) is 0.397. The quantitative estimate of drug-likeness (QED) is 0.544. The van der Waals surface area contributed by atoms with Gasteiger partial charge >= 0.3 is 0 Å². The second-order valence-electron chi connectivity index (χ2n) is 7.99. The van der Waals surface area contributed by atoms with Gasteiger partial charge in [-0.3, -0.25) is 14.9 Å². The van der Waals surface area contributed by atoms with Crippen LogP contribution >= 0.6 is 0 Å². The maximum Gasteiger partial charge on any atom is 0.279 e. The standard InChI is InChI=1S/C22H27N3O3/c1-15(2)18-7-5-17(6-8-18)13-24(19-10-11-19)14-22(26)23-21-12-20(25(27)28)9-4-16(21)3/h4-9,12,15,19H,10-11,13-14H2,1-3H3,(H,23,26)/p+1. The zero-order chi connectivity index (χ0) is 20.3. The average molecular weight is 382 g/mol. The van der Waals surface area contributed by atoms with Crippen molar-refractivity contribution in [2.24, 2.45) is 0 Å². The summed E-state index contributed by atoms with van der Waals surface area (Å²) < 4.78 is 0. The number of rotatable bonds is 8. The number of nitrogens with one attached hydrogen (secondary N) is 2. The summed E-state index contributed by atoms with van der Waals surface area (Å²) in [6.07, 6.45) is 2.28. The fourth-order valence-corrected chi connectivity index (χ4v) is 3.38. The van der Waals surface area contributed by atoms with Gasteiger partial charge in [0.15, 0.2) is 6.54 Å². The van der Waals surface area contributed by atoms with E-state index in [9.17, 15) is 14.9 Å². The molecule has 2 aromatic rings. The van der Waals surface area contributed by atoms with E-state index in [-0.39, 0.29) is 11.6 Å². The fourth-order valence-electron chi connectivity index (χ4n) is 3.38. The van der Waals surface area contributed by atoms with E-state index in [2.05, 4.69) is 43.4 Å². The largest absolute Gasteiger partial charge is 0.321 e. The lowest BCUT2D eigenvalue weighted by atomic mass is 10.0. The molecule has 1 unspecified atom stereocenters. The highest BCUT2D eigenvalue weighted by Gasteiger charge is 2.34. The molecule has 1 fully saturated rings. The van der Waals surface area contributed by atoms with Crippen molar-refractivity contribution < 1.29 is 14.6 Å². The predicted octanol–water partition coefficient (Wildman–Crippen LogP) is 3.21. The van der Waals surface area contributed by atoms with Gasteiger partial charge in [0.1, 0.15) is 6.54 Å². The van der Waals surface area contributed by atoms with Crippen LogP contribution in [0.3, 0.4) is 0 Å². The number of non-ortho nitro benzene ring substituents is 1. The van der Waals surface area contributed by atoms with Crippen LogP contribution in [0, 0.1) is 17.0 Å². The molecule has 0 bridgehead atoms. The molecule has 0 aromatic heterocycles. The number of carbonyl (C=O) groups excluding carboxylic acids is 1.